The number of likely N-dealkylation sites (tertiary alicyclic amines) is 1. The van der Waals surface area contributed by atoms with Gasteiger partial charge in [-0.3, -0.25) is 24.3 Å². The zero-order valence-electron chi connectivity index (χ0n) is 33.1. The molecule has 0 unspecified atom stereocenters. The smallest absolute Gasteiger partial charge is 0.416 e. The monoisotopic (exact) mass is 798 g/mol. The Morgan fingerprint density at radius 2 is 1.41 bits per heavy atom. The Morgan fingerprint density at radius 3 is 2.07 bits per heavy atom. The fourth-order valence-corrected chi connectivity index (χ4v) is 8.74. The Labute approximate surface area is 339 Å². The maximum atomic E-state index is 14.6. The third kappa shape index (κ3) is 6.35. The summed E-state index contributed by atoms with van der Waals surface area (Å²) in [6.07, 6.45) is -1.32. The van der Waals surface area contributed by atoms with E-state index >= 15 is 0 Å². The second kappa shape index (κ2) is 14.8. The molecule has 5 aromatic rings. The number of ether oxygens (including phenoxy) is 4. The summed E-state index contributed by atoms with van der Waals surface area (Å²) < 4.78 is 24.3. The SMILES string of the molecule is COC(=O)[C@H]1C[C@@]2(n3cc(C[C@@H](C(=O)OC)N4C(=O)c5ccccc5C4=O)c4ccccc43)c3ccccc3N(C(=O)OC(C)(C)C)[C@H]2N1C(=O)OCc1ccccc1. The highest BCUT2D eigenvalue weighted by atomic mass is 16.6. The summed E-state index contributed by atoms with van der Waals surface area (Å²) in [4.78, 5) is 87.7. The van der Waals surface area contributed by atoms with Crippen LogP contribution in [0.2, 0.25) is 0 Å². The molecule has 1 fully saturated rings. The van der Waals surface area contributed by atoms with Crippen LogP contribution in [0.15, 0.2) is 109 Å². The van der Waals surface area contributed by atoms with E-state index in [1.54, 1.807) is 63.4 Å². The van der Waals surface area contributed by atoms with E-state index in [1.165, 1.54) is 36.2 Å². The van der Waals surface area contributed by atoms with E-state index in [4.69, 9.17) is 18.9 Å². The number of esters is 2. The van der Waals surface area contributed by atoms with Gasteiger partial charge in [0.1, 0.15) is 36.0 Å². The van der Waals surface area contributed by atoms with Gasteiger partial charge in [0.25, 0.3) is 11.8 Å². The van der Waals surface area contributed by atoms with Crippen LogP contribution in [0.5, 0.6) is 0 Å². The van der Waals surface area contributed by atoms with Crippen LogP contribution in [-0.2, 0) is 47.1 Å². The molecule has 4 amide bonds. The van der Waals surface area contributed by atoms with Crippen molar-refractivity contribution in [1.29, 1.82) is 0 Å². The minimum Gasteiger partial charge on any atom is -0.467 e. The lowest BCUT2D eigenvalue weighted by atomic mass is 9.86. The number of nitrogens with zero attached hydrogens (tertiary/aromatic N) is 4. The average molecular weight is 799 g/mol. The fraction of sp³-hybridized carbons (Fsp3) is 0.289. The number of aromatic nitrogens is 1. The van der Waals surface area contributed by atoms with Crippen molar-refractivity contribution in [3.63, 3.8) is 0 Å². The molecule has 0 saturated carbocycles. The standard InChI is InChI=1S/C45H42N4O10/c1-44(2,3)59-43(55)48-34-22-14-12-20-32(34)45(24-36(40(53)57-5)49(41(45)48)42(54)58-26-27-15-7-6-8-16-27)46-25-28(29-17-11-13-21-33(29)46)23-35(39(52)56-4)47-37(50)30-18-9-10-19-31(30)38(47)51/h6-22,25,35-36,41H,23-24,26H2,1-5H3/t35-,36+,41-,45+/m0/s1. The molecule has 8 rings (SSSR count). The molecule has 1 aromatic heterocycles. The predicted molar refractivity (Wildman–Crippen MR) is 213 cm³/mol. The van der Waals surface area contributed by atoms with E-state index in [9.17, 15) is 28.8 Å². The highest BCUT2D eigenvalue weighted by Gasteiger charge is 2.67. The van der Waals surface area contributed by atoms with E-state index in [2.05, 4.69) is 0 Å². The lowest BCUT2D eigenvalue weighted by molar-refractivity contribution is -0.146. The van der Waals surface area contributed by atoms with Gasteiger partial charge >= 0.3 is 24.1 Å². The van der Waals surface area contributed by atoms with Crippen LogP contribution in [0, 0.1) is 0 Å². The van der Waals surface area contributed by atoms with Crippen LogP contribution in [0.4, 0.5) is 15.3 Å². The zero-order valence-corrected chi connectivity index (χ0v) is 33.1. The van der Waals surface area contributed by atoms with E-state index < -0.39 is 65.3 Å². The topological polar surface area (TPSA) is 154 Å². The second-order valence-electron chi connectivity index (χ2n) is 15.7. The van der Waals surface area contributed by atoms with Gasteiger partial charge in [0, 0.05) is 35.5 Å². The number of benzene rings is 4. The molecule has 3 aliphatic heterocycles. The molecule has 4 heterocycles. The Balaban J connectivity index is 1.32. The summed E-state index contributed by atoms with van der Waals surface area (Å²) in [5.74, 6) is -2.77. The van der Waals surface area contributed by atoms with Gasteiger partial charge in [-0.1, -0.05) is 78.9 Å². The summed E-state index contributed by atoms with van der Waals surface area (Å²) in [5.41, 5.74) is 0.922. The van der Waals surface area contributed by atoms with Crippen LogP contribution in [0.25, 0.3) is 10.9 Å². The maximum absolute atomic E-state index is 14.6. The van der Waals surface area contributed by atoms with E-state index in [0.717, 1.165) is 4.90 Å². The van der Waals surface area contributed by atoms with Crippen LogP contribution < -0.4 is 4.90 Å². The molecule has 1 saturated heterocycles. The van der Waals surface area contributed by atoms with Gasteiger partial charge in [-0.25, -0.2) is 19.2 Å². The van der Waals surface area contributed by atoms with Crippen molar-refractivity contribution in [2.24, 2.45) is 0 Å². The first kappa shape index (κ1) is 38.9. The second-order valence-corrected chi connectivity index (χ2v) is 15.7. The first-order valence-corrected chi connectivity index (χ1v) is 19.1. The van der Waals surface area contributed by atoms with Gasteiger partial charge in [-0.05, 0) is 56.2 Å². The quantitative estimate of drug-likeness (QED) is 0.0975. The van der Waals surface area contributed by atoms with Gasteiger partial charge < -0.3 is 23.5 Å². The number of carbonyl (C=O) groups is 6. The molecule has 14 nitrogen and oxygen atoms in total. The number of anilines is 1. The number of para-hydroxylation sites is 2. The fourth-order valence-electron chi connectivity index (χ4n) is 8.74. The van der Waals surface area contributed by atoms with Crippen molar-refractivity contribution in [3.05, 3.63) is 137 Å². The Morgan fingerprint density at radius 1 is 0.780 bits per heavy atom. The third-order valence-corrected chi connectivity index (χ3v) is 11.1. The minimum absolute atomic E-state index is 0.0714. The Hall–Kier alpha value is -6.96. The van der Waals surface area contributed by atoms with E-state index in [0.29, 0.717) is 33.3 Å². The average Bonchev–Trinajstić information content (AvgIpc) is 3.93. The van der Waals surface area contributed by atoms with Gasteiger partial charge in [0.05, 0.1) is 31.0 Å². The Bertz CT molecular complexity index is 2490. The molecule has 0 radical (unpaired) electrons. The zero-order chi connectivity index (χ0) is 41.8. The molecule has 14 heteroatoms. The number of rotatable bonds is 8. The summed E-state index contributed by atoms with van der Waals surface area (Å²) in [5, 5.41) is 0.652. The first-order chi connectivity index (χ1) is 28.3. The molecule has 4 aromatic carbocycles. The number of hydrogen-bond acceptors (Lipinski definition) is 10. The first-order valence-electron chi connectivity index (χ1n) is 19.1. The number of imide groups is 1. The lowest BCUT2D eigenvalue weighted by Crippen LogP contribution is -2.58. The van der Waals surface area contributed by atoms with Crippen LogP contribution in [-0.4, -0.2) is 88.4 Å². The van der Waals surface area contributed by atoms with E-state index in [-0.39, 0.29) is 30.6 Å². The minimum atomic E-state index is -1.40. The summed E-state index contributed by atoms with van der Waals surface area (Å²) in [7, 11) is 2.42. The Kier molecular flexibility index (Phi) is 9.73. The number of amides is 4. The lowest BCUT2D eigenvalue weighted by Gasteiger charge is -2.38. The number of carbonyl (C=O) groups excluding carboxylic acids is 6. The third-order valence-electron chi connectivity index (χ3n) is 11.1. The molecule has 0 aliphatic carbocycles. The van der Waals surface area contributed by atoms with Gasteiger partial charge in [0.2, 0.25) is 0 Å². The van der Waals surface area contributed by atoms with Gasteiger partial charge in [-0.2, -0.15) is 0 Å². The highest BCUT2D eigenvalue weighted by Crippen LogP contribution is 2.57. The van der Waals surface area contributed by atoms with Crippen LogP contribution in [0.3, 0.4) is 0 Å². The molecule has 0 spiro atoms. The molecule has 302 valence electrons. The summed E-state index contributed by atoms with van der Waals surface area (Å²) in [6.45, 7) is 5.08. The van der Waals surface area contributed by atoms with Crippen LogP contribution >= 0.6 is 0 Å². The maximum Gasteiger partial charge on any atom is 0.416 e. The van der Waals surface area contributed by atoms with Crippen molar-refractivity contribution in [2.45, 2.75) is 69.6 Å². The number of fused-ring (bicyclic) bond motifs is 5. The van der Waals surface area contributed by atoms with Crippen LogP contribution in [0.1, 0.15) is 64.6 Å². The molecule has 4 atom stereocenters. The predicted octanol–water partition coefficient (Wildman–Crippen LogP) is 6.43. The van der Waals surface area contributed by atoms with Crippen molar-refractivity contribution >= 4 is 52.5 Å². The highest BCUT2D eigenvalue weighted by molar-refractivity contribution is 6.22. The molecule has 0 N–H and O–H groups in total. The largest absolute Gasteiger partial charge is 0.467 e. The van der Waals surface area contributed by atoms with Gasteiger partial charge in [0.15, 0.2) is 0 Å². The molecular weight excluding hydrogens is 757 g/mol. The van der Waals surface area contributed by atoms with Crippen molar-refractivity contribution in [3.8, 4) is 0 Å². The van der Waals surface area contributed by atoms with Crippen molar-refractivity contribution in [1.82, 2.24) is 14.4 Å². The summed E-state index contributed by atoms with van der Waals surface area (Å²) >= 11 is 0. The number of hydrogen-bond donors (Lipinski definition) is 0. The van der Waals surface area contributed by atoms with Gasteiger partial charge in [-0.15, -0.1) is 0 Å². The number of methoxy groups -OCH3 is 2. The normalized spacial score (nSPS) is 19.9. The molecular formula is C45H42N4O10. The van der Waals surface area contributed by atoms with Crippen molar-refractivity contribution in [2.75, 3.05) is 19.1 Å². The molecule has 3 aliphatic rings. The van der Waals surface area contributed by atoms with E-state index in [1.807, 2.05) is 59.2 Å². The molecule has 0 bridgehead atoms. The molecule has 59 heavy (non-hydrogen) atoms. The van der Waals surface area contributed by atoms with Crippen molar-refractivity contribution < 1.29 is 47.7 Å². The summed E-state index contributed by atoms with van der Waals surface area (Å²) in [6, 6.07) is 27.3.